The van der Waals surface area contributed by atoms with Crippen LogP contribution in [0.1, 0.15) is 5.56 Å². The summed E-state index contributed by atoms with van der Waals surface area (Å²) in [6, 6.07) is 6.34. The van der Waals surface area contributed by atoms with Gasteiger partial charge in [0, 0.05) is 6.54 Å². The van der Waals surface area contributed by atoms with E-state index in [-0.39, 0.29) is 17.4 Å². The van der Waals surface area contributed by atoms with Crippen LogP contribution in [0.25, 0.3) is 11.2 Å². The summed E-state index contributed by atoms with van der Waals surface area (Å²) in [4.78, 5) is 14.8. The van der Waals surface area contributed by atoms with E-state index in [2.05, 4.69) is 25.3 Å². The quantitative estimate of drug-likeness (QED) is 0.589. The zero-order valence-electron chi connectivity index (χ0n) is 12.0. The third-order valence-electron chi connectivity index (χ3n) is 2.89. The lowest BCUT2D eigenvalue weighted by Crippen LogP contribution is -2.10. The van der Waals surface area contributed by atoms with Crippen LogP contribution >= 0.6 is 0 Å². The maximum atomic E-state index is 11.2. The van der Waals surface area contributed by atoms with E-state index in [1.165, 1.54) is 6.33 Å². The molecular formula is C13H13N5O4S. The first kappa shape index (κ1) is 15.0. The first-order valence-corrected chi connectivity index (χ1v) is 8.35. The number of hydrogen-bond donors (Lipinski definition) is 3. The second-order valence-corrected chi connectivity index (χ2v) is 6.34. The van der Waals surface area contributed by atoms with E-state index in [0.717, 1.165) is 11.8 Å². The molecule has 3 aromatic rings. The van der Waals surface area contributed by atoms with Crippen LogP contribution in [0.4, 0.5) is 5.82 Å². The molecule has 1 aromatic carbocycles. The molecule has 0 amide bonds. The zero-order chi connectivity index (χ0) is 16.4. The molecule has 3 rings (SSSR count). The standard InChI is InChI=1S/C13H13N5O4S/c1-23(20,21)22-13-17-11(10-12(18-13)16-7-15-10)14-6-8-2-4-9(19)5-3-8/h2-5,7,19H,6H2,1H3,(H2,14,15,16,17,18). The number of aromatic nitrogens is 4. The van der Waals surface area contributed by atoms with Gasteiger partial charge in [-0.05, 0) is 17.7 Å². The fourth-order valence-electron chi connectivity index (χ4n) is 1.91. The van der Waals surface area contributed by atoms with Crippen molar-refractivity contribution in [1.82, 2.24) is 19.9 Å². The molecule has 2 aromatic heterocycles. The van der Waals surface area contributed by atoms with Gasteiger partial charge in [0.1, 0.15) is 11.3 Å². The zero-order valence-corrected chi connectivity index (χ0v) is 12.8. The van der Waals surface area contributed by atoms with Gasteiger partial charge in [-0.1, -0.05) is 12.1 Å². The average molecular weight is 335 g/mol. The fourth-order valence-corrected chi connectivity index (χ4v) is 2.26. The maximum absolute atomic E-state index is 11.2. The Hall–Kier alpha value is -2.88. The molecule has 0 saturated carbocycles. The molecule has 23 heavy (non-hydrogen) atoms. The summed E-state index contributed by atoms with van der Waals surface area (Å²) in [5, 5.41) is 12.3. The SMILES string of the molecule is CS(=O)(=O)Oc1nc(NCc2ccc(O)cc2)c2[nH]cnc2n1. The number of hydrogen-bond acceptors (Lipinski definition) is 8. The number of imidazole rings is 1. The van der Waals surface area contributed by atoms with Crippen LogP contribution in [0.5, 0.6) is 11.8 Å². The number of rotatable bonds is 5. The summed E-state index contributed by atoms with van der Waals surface area (Å²) in [6.07, 6.45) is 2.34. The molecule has 0 saturated heterocycles. The predicted molar refractivity (Wildman–Crippen MR) is 82.6 cm³/mol. The number of phenols is 1. The topological polar surface area (TPSA) is 130 Å². The number of nitrogens with zero attached hydrogens (tertiary/aromatic N) is 3. The molecule has 0 radical (unpaired) electrons. The van der Waals surface area contributed by atoms with E-state index in [9.17, 15) is 13.5 Å². The van der Waals surface area contributed by atoms with Crippen LogP contribution in [0, 0.1) is 0 Å². The lowest BCUT2D eigenvalue weighted by atomic mass is 10.2. The number of fused-ring (bicyclic) bond motifs is 1. The van der Waals surface area contributed by atoms with Crippen molar-refractivity contribution < 1.29 is 17.7 Å². The number of nitrogens with one attached hydrogen (secondary N) is 2. The third kappa shape index (κ3) is 3.66. The molecule has 0 aliphatic rings. The van der Waals surface area contributed by atoms with Gasteiger partial charge in [-0.3, -0.25) is 0 Å². The molecule has 0 spiro atoms. The van der Waals surface area contributed by atoms with Crippen LogP contribution in [0.2, 0.25) is 0 Å². The van der Waals surface area contributed by atoms with Crippen LogP contribution in [0.15, 0.2) is 30.6 Å². The number of phenolic OH excluding ortho intramolecular Hbond substituents is 1. The second-order valence-electron chi connectivity index (χ2n) is 4.76. The Kier molecular flexibility index (Phi) is 3.74. The van der Waals surface area contributed by atoms with E-state index in [1.54, 1.807) is 24.3 Å². The Morgan fingerprint density at radius 3 is 2.70 bits per heavy atom. The van der Waals surface area contributed by atoms with Gasteiger partial charge in [-0.2, -0.15) is 18.4 Å². The minimum Gasteiger partial charge on any atom is -0.508 e. The minimum atomic E-state index is -3.74. The van der Waals surface area contributed by atoms with E-state index >= 15 is 0 Å². The molecule has 0 fully saturated rings. The van der Waals surface area contributed by atoms with E-state index < -0.39 is 10.1 Å². The smallest absolute Gasteiger partial charge is 0.337 e. The van der Waals surface area contributed by atoms with Gasteiger partial charge in [-0.25, -0.2) is 4.98 Å². The molecule has 0 bridgehead atoms. The molecule has 2 heterocycles. The summed E-state index contributed by atoms with van der Waals surface area (Å²) in [5.41, 5.74) is 1.72. The molecule has 0 aliphatic carbocycles. The largest absolute Gasteiger partial charge is 0.508 e. The highest BCUT2D eigenvalue weighted by Crippen LogP contribution is 2.21. The first-order chi connectivity index (χ1) is 10.9. The van der Waals surface area contributed by atoms with Crippen molar-refractivity contribution in [2.45, 2.75) is 6.54 Å². The molecule has 9 nitrogen and oxygen atoms in total. The maximum Gasteiger partial charge on any atom is 0.337 e. The minimum absolute atomic E-state index is 0.176. The van der Waals surface area contributed by atoms with Gasteiger partial charge in [0.15, 0.2) is 11.5 Å². The molecule has 3 N–H and O–H groups in total. The van der Waals surface area contributed by atoms with Gasteiger partial charge in [0.05, 0.1) is 12.6 Å². The first-order valence-electron chi connectivity index (χ1n) is 6.53. The van der Waals surface area contributed by atoms with Crippen molar-refractivity contribution >= 4 is 27.1 Å². The molecule has 0 unspecified atom stereocenters. The number of benzene rings is 1. The normalized spacial score (nSPS) is 11.5. The summed E-state index contributed by atoms with van der Waals surface area (Å²) in [5.74, 6) is 0.537. The lowest BCUT2D eigenvalue weighted by molar-refractivity contribution is 0.472. The van der Waals surface area contributed by atoms with Crippen LogP contribution < -0.4 is 9.50 Å². The highest BCUT2D eigenvalue weighted by molar-refractivity contribution is 7.86. The fraction of sp³-hybridized carbons (Fsp3) is 0.154. The van der Waals surface area contributed by atoms with Crippen molar-refractivity contribution in [3.63, 3.8) is 0 Å². The molecule has 0 atom stereocenters. The highest BCUT2D eigenvalue weighted by Gasteiger charge is 2.14. The Balaban J connectivity index is 1.89. The average Bonchev–Trinajstić information content (AvgIpc) is 2.93. The van der Waals surface area contributed by atoms with Crippen molar-refractivity contribution in [3.05, 3.63) is 36.2 Å². The monoisotopic (exact) mass is 335 g/mol. The van der Waals surface area contributed by atoms with Crippen molar-refractivity contribution in [3.8, 4) is 11.8 Å². The van der Waals surface area contributed by atoms with Gasteiger partial charge in [0.2, 0.25) is 0 Å². The van der Waals surface area contributed by atoms with Crippen molar-refractivity contribution in [1.29, 1.82) is 0 Å². The lowest BCUT2D eigenvalue weighted by Gasteiger charge is -2.08. The van der Waals surface area contributed by atoms with E-state index in [4.69, 9.17) is 4.18 Å². The van der Waals surface area contributed by atoms with E-state index in [1.807, 2.05) is 0 Å². The Morgan fingerprint density at radius 1 is 1.26 bits per heavy atom. The van der Waals surface area contributed by atoms with Crippen LogP contribution in [-0.2, 0) is 16.7 Å². The summed E-state index contributed by atoms with van der Waals surface area (Å²) >= 11 is 0. The molecule has 0 aliphatic heterocycles. The third-order valence-corrected chi connectivity index (χ3v) is 3.34. The highest BCUT2D eigenvalue weighted by atomic mass is 32.2. The summed E-state index contributed by atoms with van der Waals surface area (Å²) in [6.45, 7) is 0.406. The van der Waals surface area contributed by atoms with Crippen LogP contribution in [0.3, 0.4) is 0 Å². The molecular weight excluding hydrogens is 322 g/mol. The van der Waals surface area contributed by atoms with Crippen LogP contribution in [-0.4, -0.2) is 39.7 Å². The van der Waals surface area contributed by atoms with Crippen molar-refractivity contribution in [2.24, 2.45) is 0 Å². The number of anilines is 1. The molecule has 10 heteroatoms. The van der Waals surface area contributed by atoms with Gasteiger partial charge in [0.25, 0.3) is 0 Å². The number of H-pyrrole nitrogens is 1. The number of aromatic hydroxyl groups is 1. The summed E-state index contributed by atoms with van der Waals surface area (Å²) in [7, 11) is -3.74. The van der Waals surface area contributed by atoms with E-state index in [0.29, 0.717) is 17.9 Å². The Labute approximate surface area is 131 Å². The second kappa shape index (κ2) is 5.72. The van der Waals surface area contributed by atoms with Gasteiger partial charge in [-0.15, -0.1) is 0 Å². The predicted octanol–water partition coefficient (Wildman–Crippen LogP) is 1.01. The van der Waals surface area contributed by atoms with Gasteiger partial charge >= 0.3 is 16.1 Å². The summed E-state index contributed by atoms with van der Waals surface area (Å²) < 4.78 is 27.2. The van der Waals surface area contributed by atoms with Gasteiger partial charge < -0.3 is 19.6 Å². The Bertz CT molecular complexity index is 937. The van der Waals surface area contributed by atoms with Crippen molar-refractivity contribution in [2.75, 3.05) is 11.6 Å². The Morgan fingerprint density at radius 2 is 2.00 bits per heavy atom. The molecule has 120 valence electrons. The number of aromatic amines is 1.